The number of benzene rings is 1. The van der Waals surface area contributed by atoms with Crippen LogP contribution in [0.2, 0.25) is 0 Å². The van der Waals surface area contributed by atoms with Gasteiger partial charge in [-0.3, -0.25) is 9.78 Å². The van der Waals surface area contributed by atoms with Gasteiger partial charge >= 0.3 is 5.97 Å². The highest BCUT2D eigenvalue weighted by Gasteiger charge is 2.13. The third-order valence-electron chi connectivity index (χ3n) is 2.81. The van der Waals surface area contributed by atoms with Crippen molar-refractivity contribution in [2.45, 2.75) is 27.2 Å². The summed E-state index contributed by atoms with van der Waals surface area (Å²) in [6.45, 7) is 5.96. The number of hydrogen-bond donors (Lipinski definition) is 0. The van der Waals surface area contributed by atoms with E-state index < -0.39 is 11.8 Å². The molecule has 0 fully saturated rings. The van der Waals surface area contributed by atoms with Crippen LogP contribution in [0.25, 0.3) is 0 Å². The summed E-state index contributed by atoms with van der Waals surface area (Å²) in [6.07, 6.45) is 1.40. The minimum Gasteiger partial charge on any atom is -0.462 e. The van der Waals surface area contributed by atoms with Gasteiger partial charge in [-0.05, 0) is 36.8 Å². The summed E-state index contributed by atoms with van der Waals surface area (Å²) in [5.74, 6) is -1.18. The number of carbonyl (C=O) groups excluding carboxylic acids is 2. The lowest BCUT2D eigenvalue weighted by Crippen LogP contribution is -2.10. The first kappa shape index (κ1) is 18.5. The number of hydrogen-bond acceptors (Lipinski definition) is 4. The predicted molar refractivity (Wildman–Crippen MR) is 86.0 cm³/mol. The molecule has 0 amide bonds. The molecule has 0 saturated carbocycles. The normalized spacial score (nSPS) is 9.57. The number of pyridine rings is 1. The number of aromatic nitrogens is 1. The fourth-order valence-electron chi connectivity index (χ4n) is 1.85. The van der Waals surface area contributed by atoms with Gasteiger partial charge in [-0.2, -0.15) is 0 Å². The Balaban J connectivity index is 0.00000127. The zero-order valence-corrected chi connectivity index (χ0v) is 13.5. The molecular weight excluding hydrogens is 297 g/mol. The van der Waals surface area contributed by atoms with Crippen molar-refractivity contribution in [1.29, 1.82) is 0 Å². The van der Waals surface area contributed by atoms with Gasteiger partial charge in [0.2, 0.25) is 0 Å². The molecule has 0 radical (unpaired) electrons. The second-order valence-electron chi connectivity index (χ2n) is 4.38. The first-order chi connectivity index (χ1) is 11.1. The van der Waals surface area contributed by atoms with Crippen molar-refractivity contribution < 1.29 is 18.7 Å². The van der Waals surface area contributed by atoms with Gasteiger partial charge in [0.25, 0.3) is 0 Å². The van der Waals surface area contributed by atoms with E-state index in [4.69, 9.17) is 4.74 Å². The molecule has 2 aromatic rings. The molecule has 1 aromatic heterocycles. The van der Waals surface area contributed by atoms with Gasteiger partial charge in [-0.1, -0.05) is 26.0 Å². The van der Waals surface area contributed by atoms with Crippen LogP contribution in [0.4, 0.5) is 4.39 Å². The number of nitrogens with zero attached hydrogens (tertiary/aromatic N) is 1. The van der Waals surface area contributed by atoms with Crippen LogP contribution < -0.4 is 0 Å². The van der Waals surface area contributed by atoms with Crippen molar-refractivity contribution in [2.24, 2.45) is 0 Å². The van der Waals surface area contributed by atoms with Gasteiger partial charge in [0.05, 0.1) is 12.2 Å². The van der Waals surface area contributed by atoms with E-state index in [0.29, 0.717) is 5.56 Å². The van der Waals surface area contributed by atoms with Gasteiger partial charge in [0, 0.05) is 12.6 Å². The molecule has 0 aliphatic heterocycles. The number of rotatable bonds is 5. The molecule has 0 bridgehead atoms. The van der Waals surface area contributed by atoms with Crippen molar-refractivity contribution >= 4 is 11.8 Å². The smallest absolute Gasteiger partial charge is 0.338 e. The molecule has 0 atom stereocenters. The lowest BCUT2D eigenvalue weighted by atomic mass is 10.1. The third kappa shape index (κ3) is 5.62. The maximum absolute atomic E-state index is 13.1. The van der Waals surface area contributed by atoms with Crippen molar-refractivity contribution in [1.82, 2.24) is 4.98 Å². The van der Waals surface area contributed by atoms with Gasteiger partial charge in [-0.15, -0.1) is 0 Å². The van der Waals surface area contributed by atoms with Crippen LogP contribution >= 0.6 is 0 Å². The summed E-state index contributed by atoms with van der Waals surface area (Å²) < 4.78 is 18.0. The van der Waals surface area contributed by atoms with Crippen LogP contribution in [0.3, 0.4) is 0 Å². The summed E-state index contributed by atoms with van der Waals surface area (Å²) in [4.78, 5) is 27.7. The SMILES string of the molecule is CC.CCOC(=O)c1ccnc(C(=O)Cc2cccc(F)c2)c1. The monoisotopic (exact) mass is 317 g/mol. The standard InChI is InChI=1S/C16H14FNO3.C2H6/c1-2-21-16(20)12-6-7-18-14(10-12)15(19)9-11-4-3-5-13(17)8-11;1-2/h3-8,10H,2,9H2,1H3;1-2H3. The molecule has 2 rings (SSSR count). The number of halogens is 1. The highest BCUT2D eigenvalue weighted by molar-refractivity contribution is 5.98. The van der Waals surface area contributed by atoms with Gasteiger partial charge in [-0.25, -0.2) is 9.18 Å². The average molecular weight is 317 g/mol. The summed E-state index contributed by atoms with van der Waals surface area (Å²) >= 11 is 0. The Labute approximate surface area is 135 Å². The second-order valence-corrected chi connectivity index (χ2v) is 4.38. The van der Waals surface area contributed by atoms with Gasteiger partial charge < -0.3 is 4.74 Å². The molecule has 1 aromatic carbocycles. The van der Waals surface area contributed by atoms with Crippen LogP contribution in [-0.2, 0) is 11.2 Å². The lowest BCUT2D eigenvalue weighted by molar-refractivity contribution is 0.0526. The van der Waals surface area contributed by atoms with Gasteiger partial charge in [0.1, 0.15) is 11.5 Å². The van der Waals surface area contributed by atoms with Crippen LogP contribution in [0, 0.1) is 5.82 Å². The molecule has 0 spiro atoms. The Hall–Kier alpha value is -2.56. The quantitative estimate of drug-likeness (QED) is 0.621. The first-order valence-electron chi connectivity index (χ1n) is 7.51. The minimum absolute atomic E-state index is 0.0248. The summed E-state index contributed by atoms with van der Waals surface area (Å²) in [5.41, 5.74) is 0.989. The van der Waals surface area contributed by atoms with E-state index >= 15 is 0 Å². The Morgan fingerprint density at radius 3 is 2.57 bits per heavy atom. The van der Waals surface area contributed by atoms with Crippen LogP contribution in [0.15, 0.2) is 42.6 Å². The van der Waals surface area contributed by atoms with Crippen molar-refractivity contribution in [3.05, 3.63) is 65.2 Å². The number of Topliss-reactive ketones (excluding diaryl/α,β-unsaturated/α-hetero) is 1. The number of ether oxygens (including phenoxy) is 1. The molecule has 23 heavy (non-hydrogen) atoms. The van der Waals surface area contributed by atoms with E-state index in [0.717, 1.165) is 0 Å². The predicted octanol–water partition coefficient (Wildman–Crippen LogP) is 3.85. The van der Waals surface area contributed by atoms with E-state index in [1.165, 1.54) is 30.5 Å². The van der Waals surface area contributed by atoms with Crippen molar-refractivity contribution in [3.63, 3.8) is 0 Å². The molecule has 1 heterocycles. The van der Waals surface area contributed by atoms with E-state index in [-0.39, 0.29) is 30.1 Å². The van der Waals surface area contributed by atoms with Crippen LogP contribution in [0.1, 0.15) is 47.2 Å². The van der Waals surface area contributed by atoms with Crippen LogP contribution in [-0.4, -0.2) is 23.3 Å². The molecule has 5 heteroatoms. The maximum Gasteiger partial charge on any atom is 0.338 e. The Morgan fingerprint density at radius 1 is 1.17 bits per heavy atom. The number of ketones is 1. The van der Waals surface area contributed by atoms with E-state index in [1.807, 2.05) is 13.8 Å². The number of esters is 1. The molecular formula is C18H20FNO3. The summed E-state index contributed by atoms with van der Waals surface area (Å²) in [5, 5.41) is 0. The molecule has 0 aliphatic carbocycles. The fraction of sp³-hybridized carbons (Fsp3) is 0.278. The highest BCUT2D eigenvalue weighted by Crippen LogP contribution is 2.10. The number of carbonyl (C=O) groups is 2. The topological polar surface area (TPSA) is 56.3 Å². The maximum atomic E-state index is 13.1. The molecule has 122 valence electrons. The molecule has 0 aliphatic rings. The van der Waals surface area contributed by atoms with E-state index in [1.54, 1.807) is 19.1 Å². The lowest BCUT2D eigenvalue weighted by Gasteiger charge is -2.04. The molecule has 0 unspecified atom stereocenters. The molecule has 0 saturated heterocycles. The molecule has 0 N–H and O–H groups in total. The Kier molecular flexibility index (Phi) is 7.60. The zero-order chi connectivity index (χ0) is 17.2. The van der Waals surface area contributed by atoms with E-state index in [2.05, 4.69) is 4.98 Å². The summed E-state index contributed by atoms with van der Waals surface area (Å²) in [6, 6.07) is 8.69. The van der Waals surface area contributed by atoms with E-state index in [9.17, 15) is 14.0 Å². The molecule has 4 nitrogen and oxygen atoms in total. The third-order valence-corrected chi connectivity index (χ3v) is 2.81. The zero-order valence-electron chi connectivity index (χ0n) is 13.5. The first-order valence-corrected chi connectivity index (χ1v) is 7.51. The van der Waals surface area contributed by atoms with Crippen molar-refractivity contribution in [2.75, 3.05) is 6.61 Å². The summed E-state index contributed by atoms with van der Waals surface area (Å²) in [7, 11) is 0. The fourth-order valence-corrected chi connectivity index (χ4v) is 1.85. The average Bonchev–Trinajstić information content (AvgIpc) is 2.57. The van der Waals surface area contributed by atoms with Crippen LogP contribution in [0.5, 0.6) is 0 Å². The Morgan fingerprint density at radius 2 is 1.91 bits per heavy atom. The second kappa shape index (κ2) is 9.46. The Bertz CT molecular complexity index is 671. The highest BCUT2D eigenvalue weighted by atomic mass is 19.1. The van der Waals surface area contributed by atoms with Gasteiger partial charge in [0.15, 0.2) is 5.78 Å². The van der Waals surface area contributed by atoms with Crippen molar-refractivity contribution in [3.8, 4) is 0 Å². The largest absolute Gasteiger partial charge is 0.462 e. The minimum atomic E-state index is -0.500.